The molecule has 2 unspecified atom stereocenters. The van der Waals surface area contributed by atoms with Crippen molar-refractivity contribution in [2.24, 2.45) is 5.92 Å². The molecular weight excluding hydrogens is 248 g/mol. The zero-order valence-corrected chi connectivity index (χ0v) is 12.0. The topological polar surface area (TPSA) is 24.5 Å². The van der Waals surface area contributed by atoms with E-state index in [1.54, 1.807) is 7.11 Å². The van der Waals surface area contributed by atoms with Crippen molar-refractivity contribution in [1.82, 2.24) is 5.32 Å². The summed E-state index contributed by atoms with van der Waals surface area (Å²) in [5.74, 6) is 1.50. The molecule has 100 valence electrons. The molecule has 1 saturated heterocycles. The summed E-state index contributed by atoms with van der Waals surface area (Å²) in [6.45, 7) is 7.52. The van der Waals surface area contributed by atoms with Gasteiger partial charge in [-0.2, -0.15) is 0 Å². The van der Waals surface area contributed by atoms with E-state index in [0.29, 0.717) is 12.0 Å². The fourth-order valence-corrected chi connectivity index (χ4v) is 2.59. The fraction of sp³-hybridized carbons (Fsp3) is 0.571. The second kappa shape index (κ2) is 5.81. The number of halogens is 1. The predicted octanol–water partition coefficient (Wildman–Crippen LogP) is 2.78. The van der Waals surface area contributed by atoms with Crippen molar-refractivity contribution in [2.45, 2.75) is 19.9 Å². The van der Waals surface area contributed by atoms with Gasteiger partial charge in [0.2, 0.25) is 0 Å². The van der Waals surface area contributed by atoms with Crippen molar-refractivity contribution in [3.63, 3.8) is 0 Å². The number of rotatable bonds is 2. The molecule has 1 fully saturated rings. The third-order valence-electron chi connectivity index (χ3n) is 3.32. The predicted molar refractivity (Wildman–Crippen MR) is 76.8 cm³/mol. The van der Waals surface area contributed by atoms with Crippen LogP contribution in [0.2, 0.25) is 5.02 Å². The van der Waals surface area contributed by atoms with E-state index in [1.807, 2.05) is 18.2 Å². The molecule has 1 aliphatic rings. The minimum atomic E-state index is 0.471. The molecule has 1 aliphatic heterocycles. The Kier molecular flexibility index (Phi) is 4.36. The number of hydrogen-bond acceptors (Lipinski definition) is 3. The Labute approximate surface area is 114 Å². The molecule has 1 heterocycles. The third-order valence-corrected chi connectivity index (χ3v) is 3.56. The fourth-order valence-electron chi connectivity index (χ4n) is 2.42. The number of nitrogens with one attached hydrogen (secondary N) is 1. The maximum atomic E-state index is 6.11. The van der Waals surface area contributed by atoms with Gasteiger partial charge in [-0.1, -0.05) is 18.5 Å². The second-order valence-electron chi connectivity index (χ2n) is 5.14. The van der Waals surface area contributed by atoms with Crippen LogP contribution in [-0.2, 0) is 0 Å². The maximum absolute atomic E-state index is 6.11. The van der Waals surface area contributed by atoms with Crippen LogP contribution in [0.1, 0.15) is 13.8 Å². The lowest BCUT2D eigenvalue weighted by Crippen LogP contribution is -2.35. The lowest BCUT2D eigenvalue weighted by atomic mass is 10.1. The lowest BCUT2D eigenvalue weighted by Gasteiger charge is -2.27. The number of methoxy groups -OCH3 is 1. The number of benzene rings is 1. The molecule has 18 heavy (non-hydrogen) atoms. The van der Waals surface area contributed by atoms with Crippen LogP contribution >= 0.6 is 11.6 Å². The first-order chi connectivity index (χ1) is 8.60. The first-order valence-corrected chi connectivity index (χ1v) is 6.80. The van der Waals surface area contributed by atoms with Gasteiger partial charge in [0.1, 0.15) is 5.75 Å². The highest BCUT2D eigenvalue weighted by Gasteiger charge is 2.21. The van der Waals surface area contributed by atoms with Gasteiger partial charge < -0.3 is 15.0 Å². The number of ether oxygens (including phenoxy) is 1. The van der Waals surface area contributed by atoms with Crippen LogP contribution in [0.3, 0.4) is 0 Å². The van der Waals surface area contributed by atoms with Crippen LogP contribution in [0.5, 0.6) is 5.75 Å². The largest absolute Gasteiger partial charge is 0.495 e. The number of hydrogen-bond donors (Lipinski definition) is 1. The molecule has 0 radical (unpaired) electrons. The van der Waals surface area contributed by atoms with Crippen molar-refractivity contribution in [1.29, 1.82) is 0 Å². The van der Waals surface area contributed by atoms with Crippen molar-refractivity contribution >= 4 is 17.3 Å². The highest BCUT2D eigenvalue weighted by atomic mass is 35.5. The molecule has 0 bridgehead atoms. The molecule has 2 rings (SSSR count). The van der Waals surface area contributed by atoms with Crippen molar-refractivity contribution in [3.8, 4) is 5.75 Å². The zero-order chi connectivity index (χ0) is 13.1. The van der Waals surface area contributed by atoms with E-state index in [4.69, 9.17) is 16.3 Å². The summed E-state index contributed by atoms with van der Waals surface area (Å²) in [4.78, 5) is 2.36. The van der Waals surface area contributed by atoms with E-state index in [0.717, 1.165) is 36.1 Å². The van der Waals surface area contributed by atoms with E-state index in [1.165, 1.54) is 0 Å². The van der Waals surface area contributed by atoms with Gasteiger partial charge in [-0.15, -0.1) is 0 Å². The Morgan fingerprint density at radius 2 is 2.11 bits per heavy atom. The van der Waals surface area contributed by atoms with Gasteiger partial charge in [0.15, 0.2) is 0 Å². The molecule has 1 aromatic rings. The normalized spacial score (nSPS) is 24.8. The highest BCUT2D eigenvalue weighted by molar-refractivity contribution is 6.30. The second-order valence-corrected chi connectivity index (χ2v) is 5.57. The molecule has 0 aliphatic carbocycles. The lowest BCUT2D eigenvalue weighted by molar-refractivity contribution is 0.413. The highest BCUT2D eigenvalue weighted by Crippen LogP contribution is 2.32. The molecule has 0 aromatic heterocycles. The van der Waals surface area contributed by atoms with Crippen LogP contribution < -0.4 is 15.0 Å². The monoisotopic (exact) mass is 268 g/mol. The van der Waals surface area contributed by atoms with E-state index in [-0.39, 0.29) is 0 Å². The standard InChI is InChI=1S/C14H21ClN2O/c1-10-7-16-11(2)9-17(8-10)13-6-12(15)4-5-14(13)18-3/h4-6,10-11,16H,7-9H2,1-3H3. The van der Waals surface area contributed by atoms with Crippen LogP contribution in [0.15, 0.2) is 18.2 Å². The Bertz CT molecular complexity index is 399. The van der Waals surface area contributed by atoms with E-state index >= 15 is 0 Å². The average Bonchev–Trinajstić information content (AvgIpc) is 2.51. The minimum absolute atomic E-state index is 0.471. The average molecular weight is 269 g/mol. The number of nitrogens with zero attached hydrogens (tertiary/aromatic N) is 1. The summed E-state index contributed by atoms with van der Waals surface area (Å²) in [6.07, 6.45) is 0. The van der Waals surface area contributed by atoms with Gasteiger partial charge in [-0.3, -0.25) is 0 Å². The summed E-state index contributed by atoms with van der Waals surface area (Å²) in [7, 11) is 1.70. The quantitative estimate of drug-likeness (QED) is 0.893. The summed E-state index contributed by atoms with van der Waals surface area (Å²) >= 11 is 6.11. The Hall–Kier alpha value is -0.930. The zero-order valence-electron chi connectivity index (χ0n) is 11.2. The SMILES string of the molecule is COc1ccc(Cl)cc1N1CC(C)CNC(C)C1. The molecule has 1 N–H and O–H groups in total. The maximum Gasteiger partial charge on any atom is 0.142 e. The van der Waals surface area contributed by atoms with Gasteiger partial charge in [0, 0.05) is 24.2 Å². The van der Waals surface area contributed by atoms with Crippen LogP contribution in [0, 0.1) is 5.92 Å². The molecular formula is C14H21ClN2O. The van der Waals surface area contributed by atoms with Gasteiger partial charge >= 0.3 is 0 Å². The van der Waals surface area contributed by atoms with Crippen molar-refractivity contribution in [3.05, 3.63) is 23.2 Å². The molecule has 0 spiro atoms. The van der Waals surface area contributed by atoms with Crippen LogP contribution in [0.25, 0.3) is 0 Å². The Balaban J connectivity index is 2.30. The summed E-state index contributed by atoms with van der Waals surface area (Å²) in [6, 6.07) is 6.27. The summed E-state index contributed by atoms with van der Waals surface area (Å²) in [5.41, 5.74) is 1.09. The van der Waals surface area contributed by atoms with Crippen LogP contribution in [0.4, 0.5) is 5.69 Å². The van der Waals surface area contributed by atoms with Crippen molar-refractivity contribution in [2.75, 3.05) is 31.6 Å². The first kappa shape index (κ1) is 13.5. The molecule has 3 nitrogen and oxygen atoms in total. The smallest absolute Gasteiger partial charge is 0.142 e. The van der Waals surface area contributed by atoms with E-state index in [2.05, 4.69) is 24.1 Å². The van der Waals surface area contributed by atoms with Crippen molar-refractivity contribution < 1.29 is 4.74 Å². The molecule has 0 saturated carbocycles. The molecule has 1 aromatic carbocycles. The van der Waals surface area contributed by atoms with E-state index in [9.17, 15) is 0 Å². The summed E-state index contributed by atoms with van der Waals surface area (Å²) in [5, 5.41) is 4.28. The Morgan fingerprint density at radius 3 is 2.83 bits per heavy atom. The van der Waals surface area contributed by atoms with Gasteiger partial charge in [0.05, 0.1) is 12.8 Å². The third kappa shape index (κ3) is 3.09. The molecule has 2 atom stereocenters. The summed E-state index contributed by atoms with van der Waals surface area (Å²) < 4.78 is 5.44. The van der Waals surface area contributed by atoms with Gasteiger partial charge in [-0.25, -0.2) is 0 Å². The molecule has 0 amide bonds. The first-order valence-electron chi connectivity index (χ1n) is 6.42. The van der Waals surface area contributed by atoms with E-state index < -0.39 is 0 Å². The molecule has 4 heteroatoms. The Morgan fingerprint density at radius 1 is 1.33 bits per heavy atom. The number of anilines is 1. The minimum Gasteiger partial charge on any atom is -0.495 e. The van der Waals surface area contributed by atoms with Crippen LogP contribution in [-0.4, -0.2) is 32.8 Å². The van der Waals surface area contributed by atoms with Gasteiger partial charge in [0.25, 0.3) is 0 Å². The van der Waals surface area contributed by atoms with Gasteiger partial charge in [-0.05, 0) is 37.6 Å².